The maximum atomic E-state index is 13.5. The van der Waals surface area contributed by atoms with Gasteiger partial charge in [-0.25, -0.2) is 4.39 Å². The van der Waals surface area contributed by atoms with Crippen LogP contribution in [0.4, 0.5) is 4.39 Å². The molecule has 0 heterocycles. The zero-order chi connectivity index (χ0) is 12.8. The number of hydrogen-bond donors (Lipinski definition) is 2. The average molecular weight is 240 g/mol. The topological polar surface area (TPSA) is 64.3 Å². The number of benzene rings is 1. The van der Waals surface area contributed by atoms with E-state index in [2.05, 4.69) is 5.32 Å². The van der Waals surface area contributed by atoms with Gasteiger partial charge in [-0.15, -0.1) is 0 Å². The molecule has 1 unspecified atom stereocenters. The molecule has 0 aliphatic rings. The molecule has 0 aliphatic carbocycles. The van der Waals surface area contributed by atoms with E-state index in [0.29, 0.717) is 6.54 Å². The first kappa shape index (κ1) is 13.4. The third kappa shape index (κ3) is 3.42. The van der Waals surface area contributed by atoms with Crippen molar-refractivity contribution in [1.82, 2.24) is 5.32 Å². The SMILES string of the molecule is CCC(N)CNC(=O)c1c(F)cccc1OC. The van der Waals surface area contributed by atoms with Crippen LogP contribution in [-0.2, 0) is 0 Å². The normalized spacial score (nSPS) is 12.0. The van der Waals surface area contributed by atoms with E-state index in [9.17, 15) is 9.18 Å². The van der Waals surface area contributed by atoms with Crippen LogP contribution in [0.1, 0.15) is 23.7 Å². The van der Waals surface area contributed by atoms with Gasteiger partial charge >= 0.3 is 0 Å². The summed E-state index contributed by atoms with van der Waals surface area (Å²) in [5.74, 6) is -0.900. The Balaban J connectivity index is 2.81. The summed E-state index contributed by atoms with van der Waals surface area (Å²) in [6, 6.07) is 4.12. The Bertz CT molecular complexity index is 396. The third-order valence-corrected chi connectivity index (χ3v) is 2.47. The van der Waals surface area contributed by atoms with Gasteiger partial charge in [-0.2, -0.15) is 0 Å². The van der Waals surface area contributed by atoms with Crippen LogP contribution in [0.5, 0.6) is 5.75 Å². The molecule has 1 amide bonds. The average Bonchev–Trinajstić information content (AvgIpc) is 2.34. The first-order chi connectivity index (χ1) is 8.10. The van der Waals surface area contributed by atoms with Gasteiger partial charge in [0.25, 0.3) is 5.91 Å². The van der Waals surface area contributed by atoms with Crippen molar-refractivity contribution in [1.29, 1.82) is 0 Å². The largest absolute Gasteiger partial charge is 0.496 e. The molecule has 17 heavy (non-hydrogen) atoms. The Morgan fingerprint density at radius 1 is 1.59 bits per heavy atom. The lowest BCUT2D eigenvalue weighted by atomic mass is 10.1. The Labute approximate surface area is 100.0 Å². The number of methoxy groups -OCH3 is 1. The Morgan fingerprint density at radius 3 is 2.88 bits per heavy atom. The number of carbonyl (C=O) groups excluding carboxylic acids is 1. The highest BCUT2D eigenvalue weighted by Gasteiger charge is 2.17. The van der Waals surface area contributed by atoms with Gasteiger partial charge in [0.1, 0.15) is 17.1 Å². The van der Waals surface area contributed by atoms with E-state index in [1.165, 1.54) is 25.3 Å². The molecule has 5 heteroatoms. The maximum Gasteiger partial charge on any atom is 0.258 e. The highest BCUT2D eigenvalue weighted by atomic mass is 19.1. The number of carbonyl (C=O) groups is 1. The van der Waals surface area contributed by atoms with E-state index in [0.717, 1.165) is 6.42 Å². The van der Waals surface area contributed by atoms with Gasteiger partial charge in [0.2, 0.25) is 0 Å². The quantitative estimate of drug-likeness (QED) is 0.815. The molecule has 0 aliphatic heterocycles. The molecule has 4 nitrogen and oxygen atoms in total. The van der Waals surface area contributed by atoms with Crippen molar-refractivity contribution >= 4 is 5.91 Å². The fourth-order valence-corrected chi connectivity index (χ4v) is 1.35. The number of amides is 1. The molecule has 0 saturated heterocycles. The number of halogens is 1. The van der Waals surface area contributed by atoms with Crippen molar-refractivity contribution in [2.24, 2.45) is 5.73 Å². The molecule has 0 bridgehead atoms. The molecular formula is C12H17FN2O2. The van der Waals surface area contributed by atoms with Crippen LogP contribution in [0.2, 0.25) is 0 Å². The summed E-state index contributed by atoms with van der Waals surface area (Å²) in [7, 11) is 1.39. The van der Waals surface area contributed by atoms with Gasteiger partial charge in [0, 0.05) is 12.6 Å². The lowest BCUT2D eigenvalue weighted by molar-refractivity contribution is 0.0943. The van der Waals surface area contributed by atoms with Crippen molar-refractivity contribution in [3.63, 3.8) is 0 Å². The van der Waals surface area contributed by atoms with E-state index >= 15 is 0 Å². The van der Waals surface area contributed by atoms with Gasteiger partial charge in [-0.1, -0.05) is 13.0 Å². The van der Waals surface area contributed by atoms with Crippen LogP contribution in [0, 0.1) is 5.82 Å². The smallest absolute Gasteiger partial charge is 0.258 e. The molecule has 0 spiro atoms. The van der Waals surface area contributed by atoms with Crippen LogP contribution in [0.25, 0.3) is 0 Å². The fraction of sp³-hybridized carbons (Fsp3) is 0.417. The summed E-state index contributed by atoms with van der Waals surface area (Å²) in [6.07, 6.45) is 0.745. The summed E-state index contributed by atoms with van der Waals surface area (Å²) in [4.78, 5) is 11.8. The summed E-state index contributed by atoms with van der Waals surface area (Å²) in [6.45, 7) is 2.23. The predicted octanol–water partition coefficient (Wildman–Crippen LogP) is 1.30. The zero-order valence-electron chi connectivity index (χ0n) is 10.00. The predicted molar refractivity (Wildman–Crippen MR) is 63.6 cm³/mol. The number of nitrogens with two attached hydrogens (primary N) is 1. The van der Waals surface area contributed by atoms with Crippen molar-refractivity contribution in [2.75, 3.05) is 13.7 Å². The highest BCUT2D eigenvalue weighted by Crippen LogP contribution is 2.20. The second kappa shape index (κ2) is 6.20. The number of ether oxygens (including phenoxy) is 1. The molecule has 1 atom stereocenters. The summed E-state index contributed by atoms with van der Waals surface area (Å²) in [5, 5.41) is 2.58. The van der Waals surface area contributed by atoms with Crippen LogP contribution in [-0.4, -0.2) is 25.6 Å². The van der Waals surface area contributed by atoms with Gasteiger partial charge in [-0.05, 0) is 18.6 Å². The van der Waals surface area contributed by atoms with Gasteiger partial charge in [0.15, 0.2) is 0 Å². The lowest BCUT2D eigenvalue weighted by Crippen LogP contribution is -2.37. The number of hydrogen-bond acceptors (Lipinski definition) is 3. The van der Waals surface area contributed by atoms with Gasteiger partial charge in [-0.3, -0.25) is 4.79 Å². The van der Waals surface area contributed by atoms with Crippen molar-refractivity contribution in [3.8, 4) is 5.75 Å². The van der Waals surface area contributed by atoms with E-state index in [-0.39, 0.29) is 17.4 Å². The number of rotatable bonds is 5. The third-order valence-electron chi connectivity index (χ3n) is 2.47. The molecule has 0 fully saturated rings. The highest BCUT2D eigenvalue weighted by molar-refractivity contribution is 5.97. The number of nitrogens with one attached hydrogen (secondary N) is 1. The summed E-state index contributed by atoms with van der Waals surface area (Å²) < 4.78 is 18.5. The summed E-state index contributed by atoms with van der Waals surface area (Å²) >= 11 is 0. The molecule has 94 valence electrons. The van der Waals surface area contributed by atoms with E-state index < -0.39 is 11.7 Å². The maximum absolute atomic E-state index is 13.5. The monoisotopic (exact) mass is 240 g/mol. The second-order valence-electron chi connectivity index (χ2n) is 3.70. The molecule has 0 radical (unpaired) electrons. The minimum Gasteiger partial charge on any atom is -0.496 e. The van der Waals surface area contributed by atoms with Crippen LogP contribution in [0.3, 0.4) is 0 Å². The second-order valence-corrected chi connectivity index (χ2v) is 3.70. The molecule has 0 aromatic heterocycles. The van der Waals surface area contributed by atoms with Crippen molar-refractivity contribution in [3.05, 3.63) is 29.6 Å². The molecule has 0 saturated carbocycles. The Morgan fingerprint density at radius 2 is 2.29 bits per heavy atom. The molecule has 1 aromatic rings. The molecule has 3 N–H and O–H groups in total. The van der Waals surface area contributed by atoms with Gasteiger partial charge < -0.3 is 15.8 Å². The van der Waals surface area contributed by atoms with Crippen molar-refractivity contribution in [2.45, 2.75) is 19.4 Å². The first-order valence-electron chi connectivity index (χ1n) is 5.46. The van der Waals surface area contributed by atoms with E-state index in [1.807, 2.05) is 6.92 Å². The van der Waals surface area contributed by atoms with Crippen LogP contribution < -0.4 is 15.8 Å². The summed E-state index contributed by atoms with van der Waals surface area (Å²) in [5.41, 5.74) is 5.58. The molecule has 1 rings (SSSR count). The standard InChI is InChI=1S/C12H17FN2O2/c1-3-8(14)7-15-12(16)11-9(13)5-4-6-10(11)17-2/h4-6,8H,3,7,14H2,1-2H3,(H,15,16). The first-order valence-corrected chi connectivity index (χ1v) is 5.46. The van der Waals surface area contributed by atoms with Gasteiger partial charge in [0.05, 0.1) is 7.11 Å². The molecule has 1 aromatic carbocycles. The zero-order valence-corrected chi connectivity index (χ0v) is 10.00. The van der Waals surface area contributed by atoms with Crippen LogP contribution in [0.15, 0.2) is 18.2 Å². The minimum atomic E-state index is -0.605. The van der Waals surface area contributed by atoms with E-state index in [1.54, 1.807) is 0 Å². The van der Waals surface area contributed by atoms with E-state index in [4.69, 9.17) is 10.5 Å². The fourth-order valence-electron chi connectivity index (χ4n) is 1.35. The molecular weight excluding hydrogens is 223 g/mol. The Kier molecular flexibility index (Phi) is 4.90. The minimum absolute atomic E-state index is 0.0849. The van der Waals surface area contributed by atoms with Crippen molar-refractivity contribution < 1.29 is 13.9 Å². The van der Waals surface area contributed by atoms with Crippen LogP contribution >= 0.6 is 0 Å². The lowest BCUT2D eigenvalue weighted by Gasteiger charge is -2.12. The Hall–Kier alpha value is -1.62.